The highest BCUT2D eigenvalue weighted by Gasteiger charge is 2.09. The second-order valence-corrected chi connectivity index (χ2v) is 6.04. The largest absolute Gasteiger partial charge is 0.366 e. The van der Waals surface area contributed by atoms with Crippen molar-refractivity contribution in [3.05, 3.63) is 24.3 Å². The van der Waals surface area contributed by atoms with Crippen LogP contribution >= 0.6 is 0 Å². The predicted octanol–water partition coefficient (Wildman–Crippen LogP) is 2.70. The van der Waals surface area contributed by atoms with Gasteiger partial charge in [0.05, 0.1) is 6.04 Å². The first-order valence-electron chi connectivity index (χ1n) is 7.21. The van der Waals surface area contributed by atoms with E-state index in [0.717, 1.165) is 19.3 Å². The molecule has 0 rings (SSSR count). The van der Waals surface area contributed by atoms with Crippen LogP contribution in [0.1, 0.15) is 53.4 Å². The minimum atomic E-state index is -0.514. The Morgan fingerprint density at radius 2 is 1.85 bits per heavy atom. The Morgan fingerprint density at radius 1 is 1.20 bits per heavy atom. The minimum Gasteiger partial charge on any atom is -0.366 e. The lowest BCUT2D eigenvalue weighted by Crippen LogP contribution is -2.32. The molecular formula is C16H28N2O2. The standard InChI is InChI=1S/C16H28N2O2/c1-5-6-7-8-15(20)18-13(9-10-14(17)19)11-12-16(2,3)4/h9-13H,5-8H2,1-4H3,(H2,17,19)(H,18,20)/b10-9+,12-11-. The molecule has 0 aliphatic rings. The van der Waals surface area contributed by atoms with Gasteiger partial charge >= 0.3 is 0 Å². The zero-order chi connectivity index (χ0) is 15.6. The number of rotatable bonds is 8. The lowest BCUT2D eigenvalue weighted by molar-refractivity contribution is -0.121. The number of allylic oxidation sites excluding steroid dienone is 1. The fraction of sp³-hybridized carbons (Fsp3) is 0.625. The molecule has 0 aromatic carbocycles. The first-order valence-corrected chi connectivity index (χ1v) is 7.21. The number of hydrogen-bond donors (Lipinski definition) is 2. The van der Waals surface area contributed by atoms with E-state index in [1.807, 2.05) is 12.2 Å². The summed E-state index contributed by atoms with van der Waals surface area (Å²) in [6.45, 7) is 8.31. The average Bonchev–Trinajstić information content (AvgIpc) is 2.31. The van der Waals surface area contributed by atoms with Gasteiger partial charge in [0, 0.05) is 12.5 Å². The first-order chi connectivity index (χ1) is 9.24. The van der Waals surface area contributed by atoms with Crippen LogP contribution in [0.3, 0.4) is 0 Å². The fourth-order valence-electron chi connectivity index (χ4n) is 1.54. The third-order valence-corrected chi connectivity index (χ3v) is 2.61. The maximum absolute atomic E-state index is 11.8. The number of hydrogen-bond acceptors (Lipinski definition) is 2. The highest BCUT2D eigenvalue weighted by atomic mass is 16.2. The molecule has 114 valence electrons. The van der Waals surface area contributed by atoms with Gasteiger partial charge in [-0.3, -0.25) is 9.59 Å². The Morgan fingerprint density at radius 3 is 2.35 bits per heavy atom. The summed E-state index contributed by atoms with van der Waals surface area (Å²) in [5.74, 6) is -0.518. The molecule has 0 aromatic rings. The second-order valence-electron chi connectivity index (χ2n) is 6.04. The van der Waals surface area contributed by atoms with E-state index in [1.165, 1.54) is 6.08 Å². The van der Waals surface area contributed by atoms with E-state index in [2.05, 4.69) is 33.0 Å². The van der Waals surface area contributed by atoms with Crippen molar-refractivity contribution in [2.24, 2.45) is 11.1 Å². The molecule has 1 atom stereocenters. The van der Waals surface area contributed by atoms with Crippen molar-refractivity contribution in [3.63, 3.8) is 0 Å². The third-order valence-electron chi connectivity index (χ3n) is 2.61. The molecule has 0 aliphatic heterocycles. The molecule has 2 amide bonds. The van der Waals surface area contributed by atoms with Gasteiger partial charge in [-0.1, -0.05) is 58.8 Å². The average molecular weight is 280 g/mol. The molecule has 0 heterocycles. The number of primary amides is 1. The molecule has 0 fully saturated rings. The Kier molecular flexibility index (Phi) is 8.61. The van der Waals surface area contributed by atoms with Gasteiger partial charge in [0.2, 0.25) is 11.8 Å². The lowest BCUT2D eigenvalue weighted by Gasteiger charge is -2.15. The van der Waals surface area contributed by atoms with Crippen molar-refractivity contribution in [3.8, 4) is 0 Å². The zero-order valence-electron chi connectivity index (χ0n) is 13.1. The predicted molar refractivity (Wildman–Crippen MR) is 83.0 cm³/mol. The highest BCUT2D eigenvalue weighted by molar-refractivity contribution is 5.86. The minimum absolute atomic E-state index is 0.00358. The SMILES string of the molecule is CCCCCC(=O)NC(/C=C\C(C)(C)C)/C=C/C(N)=O. The van der Waals surface area contributed by atoms with E-state index in [9.17, 15) is 9.59 Å². The Balaban J connectivity index is 4.57. The summed E-state index contributed by atoms with van der Waals surface area (Å²) in [7, 11) is 0. The summed E-state index contributed by atoms with van der Waals surface area (Å²) in [4.78, 5) is 22.6. The highest BCUT2D eigenvalue weighted by Crippen LogP contribution is 2.15. The maximum atomic E-state index is 11.8. The van der Waals surface area contributed by atoms with Crippen molar-refractivity contribution >= 4 is 11.8 Å². The van der Waals surface area contributed by atoms with Crippen molar-refractivity contribution in [2.45, 2.75) is 59.4 Å². The zero-order valence-corrected chi connectivity index (χ0v) is 13.1. The van der Waals surface area contributed by atoms with Gasteiger partial charge in [-0.15, -0.1) is 0 Å². The molecule has 4 nitrogen and oxygen atoms in total. The molecule has 20 heavy (non-hydrogen) atoms. The van der Waals surface area contributed by atoms with Crippen molar-refractivity contribution in [1.82, 2.24) is 5.32 Å². The van der Waals surface area contributed by atoms with Crippen molar-refractivity contribution < 1.29 is 9.59 Å². The second kappa shape index (κ2) is 9.34. The van der Waals surface area contributed by atoms with Crippen molar-refractivity contribution in [2.75, 3.05) is 0 Å². The van der Waals surface area contributed by atoms with E-state index in [4.69, 9.17) is 5.73 Å². The van der Waals surface area contributed by atoms with Crippen LogP contribution < -0.4 is 11.1 Å². The number of nitrogens with two attached hydrogens (primary N) is 1. The molecule has 0 radical (unpaired) electrons. The lowest BCUT2D eigenvalue weighted by atomic mass is 9.95. The first kappa shape index (κ1) is 18.4. The van der Waals surface area contributed by atoms with Gasteiger partial charge in [0.15, 0.2) is 0 Å². The number of unbranched alkanes of at least 4 members (excludes halogenated alkanes) is 2. The summed E-state index contributed by atoms with van der Waals surface area (Å²) in [6.07, 6.45) is 10.3. The summed E-state index contributed by atoms with van der Waals surface area (Å²) < 4.78 is 0. The van der Waals surface area contributed by atoms with E-state index in [-0.39, 0.29) is 17.4 Å². The van der Waals surface area contributed by atoms with Crippen LogP contribution in [0.15, 0.2) is 24.3 Å². The molecule has 0 bridgehead atoms. The Bertz CT molecular complexity index is 365. The van der Waals surface area contributed by atoms with E-state index >= 15 is 0 Å². The summed E-state index contributed by atoms with van der Waals surface area (Å²) >= 11 is 0. The van der Waals surface area contributed by atoms with Gasteiger partial charge in [0.1, 0.15) is 0 Å². The molecule has 4 heteroatoms. The monoisotopic (exact) mass is 280 g/mol. The van der Waals surface area contributed by atoms with Crippen LogP contribution in [0.2, 0.25) is 0 Å². The molecule has 0 saturated heterocycles. The number of amides is 2. The molecular weight excluding hydrogens is 252 g/mol. The van der Waals surface area contributed by atoms with Crippen LogP contribution in [-0.4, -0.2) is 17.9 Å². The molecule has 0 aliphatic carbocycles. The fourth-order valence-corrected chi connectivity index (χ4v) is 1.54. The molecule has 3 N–H and O–H groups in total. The smallest absolute Gasteiger partial charge is 0.241 e. The van der Waals surface area contributed by atoms with Gasteiger partial charge in [0.25, 0.3) is 0 Å². The van der Waals surface area contributed by atoms with Gasteiger partial charge in [-0.05, 0) is 11.8 Å². The van der Waals surface area contributed by atoms with Gasteiger partial charge in [-0.2, -0.15) is 0 Å². The van der Waals surface area contributed by atoms with Gasteiger partial charge < -0.3 is 11.1 Å². The van der Waals surface area contributed by atoms with E-state index < -0.39 is 5.91 Å². The van der Waals surface area contributed by atoms with E-state index in [1.54, 1.807) is 6.08 Å². The molecule has 0 aromatic heterocycles. The van der Waals surface area contributed by atoms with E-state index in [0.29, 0.717) is 6.42 Å². The van der Waals surface area contributed by atoms with Gasteiger partial charge in [-0.25, -0.2) is 0 Å². The molecule has 1 unspecified atom stereocenters. The topological polar surface area (TPSA) is 72.2 Å². The molecule has 0 spiro atoms. The van der Waals surface area contributed by atoms with Crippen LogP contribution in [-0.2, 0) is 9.59 Å². The third kappa shape index (κ3) is 11.5. The van der Waals surface area contributed by atoms with Crippen LogP contribution in [0.25, 0.3) is 0 Å². The summed E-state index contributed by atoms with van der Waals surface area (Å²) in [5, 5.41) is 2.88. The summed E-state index contributed by atoms with van der Waals surface area (Å²) in [5.41, 5.74) is 5.11. The number of carbonyl (C=O) groups excluding carboxylic acids is 2. The number of carbonyl (C=O) groups is 2. The van der Waals surface area contributed by atoms with Crippen LogP contribution in [0.4, 0.5) is 0 Å². The van der Waals surface area contributed by atoms with Crippen LogP contribution in [0.5, 0.6) is 0 Å². The normalized spacial score (nSPS) is 13.8. The quantitative estimate of drug-likeness (QED) is 0.407. The Hall–Kier alpha value is -1.58. The number of nitrogens with one attached hydrogen (secondary N) is 1. The molecule has 0 saturated carbocycles. The maximum Gasteiger partial charge on any atom is 0.241 e. The Labute approximate surface area is 122 Å². The van der Waals surface area contributed by atoms with Crippen LogP contribution in [0, 0.1) is 5.41 Å². The van der Waals surface area contributed by atoms with Crippen molar-refractivity contribution in [1.29, 1.82) is 0 Å². The summed E-state index contributed by atoms with van der Waals surface area (Å²) in [6, 6.07) is -0.296.